The number of benzene rings is 2. The molecule has 0 radical (unpaired) electrons. The zero-order valence-electron chi connectivity index (χ0n) is 15.1. The van der Waals surface area contributed by atoms with Crippen molar-refractivity contribution in [1.82, 2.24) is 4.90 Å². The molecule has 0 spiro atoms. The predicted octanol–water partition coefficient (Wildman–Crippen LogP) is 4.84. The van der Waals surface area contributed by atoms with Gasteiger partial charge in [-0.2, -0.15) is 5.26 Å². The molecule has 0 N–H and O–H groups in total. The number of methoxy groups -OCH3 is 1. The third kappa shape index (κ3) is 3.39. The highest BCUT2D eigenvalue weighted by Crippen LogP contribution is 2.38. The number of nitriles is 1. The van der Waals surface area contributed by atoms with E-state index in [2.05, 4.69) is 49.1 Å². The Hall–Kier alpha value is -2.73. The lowest BCUT2D eigenvalue weighted by molar-refractivity contribution is 0.290. The van der Waals surface area contributed by atoms with Gasteiger partial charge in [0.15, 0.2) is 0 Å². The first-order valence-electron chi connectivity index (χ1n) is 8.80. The molecule has 3 rings (SSSR count). The van der Waals surface area contributed by atoms with Crippen molar-refractivity contribution in [3.8, 4) is 11.8 Å². The van der Waals surface area contributed by atoms with Gasteiger partial charge in [-0.15, -0.1) is 0 Å². The fourth-order valence-electron chi connectivity index (χ4n) is 3.31. The van der Waals surface area contributed by atoms with Crippen molar-refractivity contribution in [2.75, 3.05) is 13.7 Å². The highest BCUT2D eigenvalue weighted by Gasteiger charge is 2.27. The van der Waals surface area contributed by atoms with E-state index in [1.807, 2.05) is 24.3 Å². The summed E-state index contributed by atoms with van der Waals surface area (Å²) >= 11 is 0. The summed E-state index contributed by atoms with van der Waals surface area (Å²) in [6, 6.07) is 18.8. The van der Waals surface area contributed by atoms with Crippen molar-refractivity contribution in [1.29, 1.82) is 5.26 Å². The van der Waals surface area contributed by atoms with Gasteiger partial charge in [0.1, 0.15) is 17.5 Å². The molecule has 1 aliphatic heterocycles. The Bertz CT molecular complexity index is 818. The zero-order valence-corrected chi connectivity index (χ0v) is 15.1. The average Bonchev–Trinajstić information content (AvgIpc) is 2.67. The molecule has 3 nitrogen and oxygen atoms in total. The minimum atomic E-state index is 0.542. The lowest BCUT2D eigenvalue weighted by atomic mass is 9.88. The number of nitrogens with zero attached hydrogens (tertiary/aromatic N) is 2. The molecule has 1 heterocycles. The standard InChI is InChI=1S/C22H24N2O/c1-4-16(2)14-24-15-18-10-11-19(25-3)12-20(18)22(21(24)13-23)17-8-6-5-7-9-17/h5-12,16H,4,14-15H2,1-3H3. The molecule has 2 aromatic carbocycles. The van der Waals surface area contributed by atoms with Gasteiger partial charge in [0.25, 0.3) is 0 Å². The largest absolute Gasteiger partial charge is 0.497 e. The van der Waals surface area contributed by atoms with E-state index >= 15 is 0 Å². The second kappa shape index (κ2) is 7.44. The van der Waals surface area contributed by atoms with Crippen molar-refractivity contribution >= 4 is 5.57 Å². The molecule has 3 heteroatoms. The predicted molar refractivity (Wildman–Crippen MR) is 101 cm³/mol. The van der Waals surface area contributed by atoms with Crippen LogP contribution in [0.3, 0.4) is 0 Å². The summed E-state index contributed by atoms with van der Waals surface area (Å²) in [6.45, 7) is 6.09. The molecule has 0 fully saturated rings. The Morgan fingerprint density at radius 3 is 2.60 bits per heavy atom. The van der Waals surface area contributed by atoms with E-state index in [9.17, 15) is 5.26 Å². The van der Waals surface area contributed by atoms with Crippen LogP contribution >= 0.6 is 0 Å². The van der Waals surface area contributed by atoms with E-state index in [-0.39, 0.29) is 0 Å². The van der Waals surface area contributed by atoms with Gasteiger partial charge in [0.2, 0.25) is 0 Å². The molecular formula is C22H24N2O. The molecule has 1 aliphatic rings. The van der Waals surface area contributed by atoms with Crippen LogP contribution in [0.15, 0.2) is 54.2 Å². The van der Waals surface area contributed by atoms with Crippen molar-refractivity contribution in [2.45, 2.75) is 26.8 Å². The van der Waals surface area contributed by atoms with Crippen LogP contribution in [0.25, 0.3) is 5.57 Å². The Balaban J connectivity index is 2.19. The first-order chi connectivity index (χ1) is 12.2. The average molecular weight is 332 g/mol. The maximum atomic E-state index is 9.95. The zero-order chi connectivity index (χ0) is 17.8. The van der Waals surface area contributed by atoms with Crippen LogP contribution < -0.4 is 4.74 Å². The van der Waals surface area contributed by atoms with E-state index in [1.54, 1.807) is 7.11 Å². The van der Waals surface area contributed by atoms with Crippen LogP contribution in [0, 0.1) is 17.2 Å². The minimum Gasteiger partial charge on any atom is -0.497 e. The molecular weight excluding hydrogens is 308 g/mol. The number of ether oxygens (including phenoxy) is 1. The minimum absolute atomic E-state index is 0.542. The van der Waals surface area contributed by atoms with Gasteiger partial charge in [-0.3, -0.25) is 0 Å². The first-order valence-corrected chi connectivity index (χ1v) is 8.80. The summed E-state index contributed by atoms with van der Waals surface area (Å²) in [5.74, 6) is 1.36. The van der Waals surface area contributed by atoms with E-state index in [0.29, 0.717) is 5.92 Å². The van der Waals surface area contributed by atoms with Crippen LogP contribution in [-0.4, -0.2) is 18.6 Å². The number of hydrogen-bond donors (Lipinski definition) is 0. The van der Waals surface area contributed by atoms with Gasteiger partial charge < -0.3 is 9.64 Å². The van der Waals surface area contributed by atoms with Crippen LogP contribution in [0.1, 0.15) is 37.0 Å². The second-order valence-corrected chi connectivity index (χ2v) is 6.62. The molecule has 0 amide bonds. The molecule has 0 bridgehead atoms. The summed E-state index contributed by atoms with van der Waals surface area (Å²) in [6.07, 6.45) is 1.10. The molecule has 0 aromatic heterocycles. The third-order valence-electron chi connectivity index (χ3n) is 4.90. The van der Waals surface area contributed by atoms with E-state index in [4.69, 9.17) is 4.74 Å². The molecule has 128 valence electrons. The number of fused-ring (bicyclic) bond motifs is 1. The van der Waals surface area contributed by atoms with Crippen LogP contribution in [0.4, 0.5) is 0 Å². The van der Waals surface area contributed by atoms with Gasteiger partial charge in [0, 0.05) is 18.7 Å². The van der Waals surface area contributed by atoms with Crippen molar-refractivity contribution in [3.05, 3.63) is 70.9 Å². The smallest absolute Gasteiger partial charge is 0.125 e. The number of allylic oxidation sites excluding steroid dienone is 1. The summed E-state index contributed by atoms with van der Waals surface area (Å²) in [5.41, 5.74) is 5.17. The molecule has 0 saturated heterocycles. The second-order valence-electron chi connectivity index (χ2n) is 6.62. The Kier molecular flexibility index (Phi) is 5.09. The van der Waals surface area contributed by atoms with Crippen molar-refractivity contribution in [3.63, 3.8) is 0 Å². The van der Waals surface area contributed by atoms with Gasteiger partial charge in [0.05, 0.1) is 7.11 Å². The quantitative estimate of drug-likeness (QED) is 0.786. The van der Waals surface area contributed by atoms with Gasteiger partial charge in [-0.25, -0.2) is 0 Å². The maximum absolute atomic E-state index is 9.95. The lowest BCUT2D eigenvalue weighted by Gasteiger charge is -2.34. The van der Waals surface area contributed by atoms with Gasteiger partial charge in [-0.1, -0.05) is 56.7 Å². The van der Waals surface area contributed by atoms with Crippen molar-refractivity contribution < 1.29 is 4.74 Å². The Labute approximate surface area is 150 Å². The molecule has 0 saturated carbocycles. The normalized spacial score (nSPS) is 14.7. The molecule has 0 aliphatic carbocycles. The summed E-state index contributed by atoms with van der Waals surface area (Å²) < 4.78 is 5.42. The monoisotopic (exact) mass is 332 g/mol. The SMILES string of the molecule is CCC(C)CN1Cc2ccc(OC)cc2C(c2ccccc2)=C1C#N. The first kappa shape index (κ1) is 17.1. The number of hydrogen-bond acceptors (Lipinski definition) is 3. The van der Waals surface area contributed by atoms with Crippen LogP contribution in [0.2, 0.25) is 0 Å². The van der Waals surface area contributed by atoms with E-state index in [0.717, 1.165) is 47.7 Å². The van der Waals surface area contributed by atoms with E-state index < -0.39 is 0 Å². The molecule has 2 aromatic rings. The highest BCUT2D eigenvalue weighted by molar-refractivity contribution is 5.86. The molecule has 25 heavy (non-hydrogen) atoms. The lowest BCUT2D eigenvalue weighted by Crippen LogP contribution is -2.31. The third-order valence-corrected chi connectivity index (χ3v) is 4.90. The Morgan fingerprint density at radius 1 is 1.20 bits per heavy atom. The topological polar surface area (TPSA) is 36.3 Å². The Morgan fingerprint density at radius 2 is 1.96 bits per heavy atom. The highest BCUT2D eigenvalue weighted by atomic mass is 16.5. The van der Waals surface area contributed by atoms with Crippen LogP contribution in [0.5, 0.6) is 5.75 Å². The van der Waals surface area contributed by atoms with Crippen LogP contribution in [-0.2, 0) is 6.54 Å². The van der Waals surface area contributed by atoms with Crippen molar-refractivity contribution in [2.24, 2.45) is 5.92 Å². The summed E-state index contributed by atoms with van der Waals surface area (Å²) in [4.78, 5) is 2.23. The summed E-state index contributed by atoms with van der Waals surface area (Å²) in [5, 5.41) is 9.95. The maximum Gasteiger partial charge on any atom is 0.125 e. The van der Waals surface area contributed by atoms with E-state index in [1.165, 1.54) is 5.56 Å². The van der Waals surface area contributed by atoms with Gasteiger partial charge in [-0.05, 0) is 34.7 Å². The summed E-state index contributed by atoms with van der Waals surface area (Å²) in [7, 11) is 1.68. The fourth-order valence-corrected chi connectivity index (χ4v) is 3.31. The van der Waals surface area contributed by atoms with Gasteiger partial charge >= 0.3 is 0 Å². The fraction of sp³-hybridized carbons (Fsp3) is 0.318. The number of rotatable bonds is 5. The molecule has 1 unspecified atom stereocenters. The molecule has 1 atom stereocenters.